The zero-order valence-corrected chi connectivity index (χ0v) is 9.20. The second kappa shape index (κ2) is 6.58. The van der Waals surface area contributed by atoms with Gasteiger partial charge in [-0.15, -0.1) is 0 Å². The quantitative estimate of drug-likeness (QED) is 0.708. The molecule has 1 rings (SSSR count). The standard InChI is InChI=1S/C11H13N3O3/c12-7-10-2-1-9(8-13-10)11(17)14(3-5-15)4-6-16/h1-2,8,15-16H,3-6H2. The van der Waals surface area contributed by atoms with Crippen LogP contribution in [0.4, 0.5) is 0 Å². The van der Waals surface area contributed by atoms with E-state index in [1.807, 2.05) is 6.07 Å². The zero-order valence-electron chi connectivity index (χ0n) is 9.20. The summed E-state index contributed by atoms with van der Waals surface area (Å²) < 4.78 is 0. The molecule has 0 fully saturated rings. The lowest BCUT2D eigenvalue weighted by molar-refractivity contribution is 0.0684. The molecule has 1 heterocycles. The van der Waals surface area contributed by atoms with Crippen molar-refractivity contribution in [3.05, 3.63) is 29.6 Å². The number of amides is 1. The van der Waals surface area contributed by atoms with Crippen molar-refractivity contribution in [1.82, 2.24) is 9.88 Å². The number of aliphatic hydroxyl groups is 2. The number of nitrogens with zero attached hydrogens (tertiary/aromatic N) is 3. The number of hydrogen-bond acceptors (Lipinski definition) is 5. The Morgan fingerprint density at radius 3 is 2.41 bits per heavy atom. The summed E-state index contributed by atoms with van der Waals surface area (Å²) in [5.41, 5.74) is 0.559. The van der Waals surface area contributed by atoms with Crippen molar-refractivity contribution in [2.24, 2.45) is 0 Å². The van der Waals surface area contributed by atoms with Gasteiger partial charge in [0.15, 0.2) is 0 Å². The van der Waals surface area contributed by atoms with Gasteiger partial charge in [0.1, 0.15) is 11.8 Å². The molecule has 1 aromatic rings. The third kappa shape index (κ3) is 3.52. The Morgan fingerprint density at radius 1 is 1.35 bits per heavy atom. The van der Waals surface area contributed by atoms with E-state index in [1.165, 1.54) is 23.2 Å². The van der Waals surface area contributed by atoms with Crippen LogP contribution < -0.4 is 0 Å². The van der Waals surface area contributed by atoms with E-state index >= 15 is 0 Å². The smallest absolute Gasteiger partial charge is 0.255 e. The molecular weight excluding hydrogens is 222 g/mol. The van der Waals surface area contributed by atoms with Crippen LogP contribution in [0.1, 0.15) is 16.1 Å². The van der Waals surface area contributed by atoms with Crippen LogP contribution in [-0.2, 0) is 0 Å². The maximum Gasteiger partial charge on any atom is 0.255 e. The highest BCUT2D eigenvalue weighted by Gasteiger charge is 2.14. The van der Waals surface area contributed by atoms with Crippen molar-refractivity contribution in [2.45, 2.75) is 0 Å². The monoisotopic (exact) mass is 235 g/mol. The maximum atomic E-state index is 11.9. The van der Waals surface area contributed by atoms with Gasteiger partial charge in [0, 0.05) is 19.3 Å². The second-order valence-electron chi connectivity index (χ2n) is 3.28. The van der Waals surface area contributed by atoms with Crippen LogP contribution in [0.25, 0.3) is 0 Å². The third-order valence-electron chi connectivity index (χ3n) is 2.15. The first-order valence-corrected chi connectivity index (χ1v) is 5.10. The lowest BCUT2D eigenvalue weighted by Gasteiger charge is -2.20. The van der Waals surface area contributed by atoms with Gasteiger partial charge in [-0.2, -0.15) is 5.26 Å². The molecule has 0 aliphatic heterocycles. The normalized spacial score (nSPS) is 9.71. The highest BCUT2D eigenvalue weighted by molar-refractivity contribution is 5.93. The number of hydrogen-bond donors (Lipinski definition) is 2. The fraction of sp³-hybridized carbons (Fsp3) is 0.364. The van der Waals surface area contributed by atoms with Crippen LogP contribution in [0.15, 0.2) is 18.3 Å². The topological polar surface area (TPSA) is 97.5 Å². The molecule has 90 valence electrons. The van der Waals surface area contributed by atoms with Crippen LogP contribution in [0.3, 0.4) is 0 Å². The van der Waals surface area contributed by atoms with Gasteiger partial charge < -0.3 is 15.1 Å². The summed E-state index contributed by atoms with van der Waals surface area (Å²) in [4.78, 5) is 17.0. The predicted molar refractivity (Wildman–Crippen MR) is 59.0 cm³/mol. The summed E-state index contributed by atoms with van der Waals surface area (Å²) in [6.45, 7) is -0.0380. The molecule has 0 saturated carbocycles. The Morgan fingerprint density at radius 2 is 2.00 bits per heavy atom. The number of aliphatic hydroxyl groups excluding tert-OH is 2. The average molecular weight is 235 g/mol. The molecular formula is C11H13N3O3. The Balaban J connectivity index is 2.81. The predicted octanol–water partition coefficient (Wildman–Crippen LogP) is -0.620. The first-order valence-electron chi connectivity index (χ1n) is 5.10. The van der Waals surface area contributed by atoms with Gasteiger partial charge in [0.25, 0.3) is 5.91 Å². The lowest BCUT2D eigenvalue weighted by Crippen LogP contribution is -2.35. The molecule has 2 N–H and O–H groups in total. The Hall–Kier alpha value is -1.97. The van der Waals surface area contributed by atoms with Crippen LogP contribution in [0.2, 0.25) is 0 Å². The van der Waals surface area contributed by atoms with Crippen LogP contribution in [0, 0.1) is 11.3 Å². The van der Waals surface area contributed by atoms with Crippen LogP contribution in [-0.4, -0.2) is 52.3 Å². The van der Waals surface area contributed by atoms with Gasteiger partial charge >= 0.3 is 0 Å². The number of nitriles is 1. The molecule has 0 atom stereocenters. The fourth-order valence-electron chi connectivity index (χ4n) is 1.33. The minimum absolute atomic E-state index is 0.152. The van der Waals surface area contributed by atoms with Crippen molar-refractivity contribution in [3.63, 3.8) is 0 Å². The van der Waals surface area contributed by atoms with Gasteiger partial charge in [-0.25, -0.2) is 4.98 Å². The number of aromatic nitrogens is 1. The van der Waals surface area contributed by atoms with Crippen molar-refractivity contribution in [1.29, 1.82) is 5.26 Å². The van der Waals surface area contributed by atoms with E-state index in [4.69, 9.17) is 15.5 Å². The van der Waals surface area contributed by atoms with E-state index in [0.717, 1.165) is 0 Å². The van der Waals surface area contributed by atoms with Gasteiger partial charge in [-0.1, -0.05) is 0 Å². The summed E-state index contributed by atoms with van der Waals surface area (Å²) in [5.74, 6) is -0.329. The fourth-order valence-corrected chi connectivity index (χ4v) is 1.33. The number of pyridine rings is 1. The number of rotatable bonds is 5. The van der Waals surface area contributed by atoms with Crippen LogP contribution in [0.5, 0.6) is 0 Å². The number of carbonyl (C=O) groups is 1. The molecule has 17 heavy (non-hydrogen) atoms. The summed E-state index contributed by atoms with van der Waals surface area (Å²) in [6, 6.07) is 4.80. The molecule has 0 aromatic carbocycles. The Kier molecular flexibility index (Phi) is 5.07. The first kappa shape index (κ1) is 13.1. The molecule has 1 aromatic heterocycles. The highest BCUT2D eigenvalue weighted by Crippen LogP contribution is 2.04. The molecule has 0 aliphatic rings. The second-order valence-corrected chi connectivity index (χ2v) is 3.28. The van der Waals surface area contributed by atoms with E-state index in [9.17, 15) is 4.79 Å². The van der Waals surface area contributed by atoms with Crippen molar-refractivity contribution >= 4 is 5.91 Å². The van der Waals surface area contributed by atoms with E-state index < -0.39 is 0 Å². The molecule has 0 saturated heterocycles. The zero-order chi connectivity index (χ0) is 12.7. The summed E-state index contributed by atoms with van der Waals surface area (Å²) >= 11 is 0. The Bertz CT molecular complexity index is 405. The van der Waals surface area contributed by atoms with Gasteiger partial charge in [0.2, 0.25) is 0 Å². The van der Waals surface area contributed by atoms with Crippen molar-refractivity contribution < 1.29 is 15.0 Å². The molecule has 6 nitrogen and oxygen atoms in total. The van der Waals surface area contributed by atoms with E-state index in [1.54, 1.807) is 0 Å². The van der Waals surface area contributed by atoms with Gasteiger partial charge in [0.05, 0.1) is 18.8 Å². The minimum Gasteiger partial charge on any atom is -0.395 e. The van der Waals surface area contributed by atoms with Crippen molar-refractivity contribution in [2.75, 3.05) is 26.3 Å². The molecule has 0 unspecified atom stereocenters. The maximum absolute atomic E-state index is 11.9. The SMILES string of the molecule is N#Cc1ccc(C(=O)N(CCO)CCO)cn1. The van der Waals surface area contributed by atoms with Crippen molar-refractivity contribution in [3.8, 4) is 6.07 Å². The highest BCUT2D eigenvalue weighted by atomic mass is 16.3. The molecule has 6 heteroatoms. The van der Waals surface area contributed by atoms with E-state index in [2.05, 4.69) is 4.98 Å². The van der Waals surface area contributed by atoms with Crippen LogP contribution >= 0.6 is 0 Å². The first-order chi connectivity index (χ1) is 8.22. The summed E-state index contributed by atoms with van der Waals surface area (Å²) in [5, 5.41) is 26.2. The lowest BCUT2D eigenvalue weighted by atomic mass is 10.2. The molecule has 0 radical (unpaired) electrons. The minimum atomic E-state index is -0.329. The number of carbonyl (C=O) groups excluding carboxylic acids is 1. The average Bonchev–Trinajstić information content (AvgIpc) is 2.38. The molecule has 0 aliphatic carbocycles. The molecule has 0 bridgehead atoms. The van der Waals surface area contributed by atoms with E-state index in [0.29, 0.717) is 5.56 Å². The largest absolute Gasteiger partial charge is 0.395 e. The molecule has 0 spiro atoms. The van der Waals surface area contributed by atoms with Gasteiger partial charge in [-0.3, -0.25) is 4.79 Å². The Labute approximate surface area is 98.7 Å². The summed E-state index contributed by atoms with van der Waals surface area (Å²) in [6.07, 6.45) is 1.31. The summed E-state index contributed by atoms with van der Waals surface area (Å²) in [7, 11) is 0. The van der Waals surface area contributed by atoms with Gasteiger partial charge in [-0.05, 0) is 12.1 Å². The van der Waals surface area contributed by atoms with E-state index in [-0.39, 0.29) is 37.9 Å². The molecule has 1 amide bonds. The third-order valence-corrected chi connectivity index (χ3v) is 2.15.